The fraction of sp³-hybridized carbons (Fsp3) is 0.273. The van der Waals surface area contributed by atoms with E-state index in [4.69, 9.17) is 4.74 Å². The molecule has 2 aromatic rings. The molecule has 4 rings (SSSR count). The van der Waals surface area contributed by atoms with Crippen molar-refractivity contribution in [3.8, 4) is 0 Å². The molecule has 0 saturated carbocycles. The first kappa shape index (κ1) is 17.3. The third-order valence-electron chi connectivity index (χ3n) is 5.65. The van der Waals surface area contributed by atoms with Crippen LogP contribution < -0.4 is 5.32 Å². The number of allylic oxidation sites excluding steroid dienone is 2. The molecule has 0 amide bonds. The van der Waals surface area contributed by atoms with Crippen molar-refractivity contribution < 1.29 is 19.4 Å². The topological polar surface area (TPSA) is 75.6 Å². The second kappa shape index (κ2) is 6.58. The minimum atomic E-state index is -0.895. The number of ether oxygens (including phenoxy) is 1. The van der Waals surface area contributed by atoms with Gasteiger partial charge in [-0.3, -0.25) is 0 Å². The fourth-order valence-electron chi connectivity index (χ4n) is 4.32. The van der Waals surface area contributed by atoms with E-state index in [1.54, 1.807) is 18.2 Å². The van der Waals surface area contributed by atoms with Crippen molar-refractivity contribution in [2.75, 3.05) is 12.4 Å². The number of esters is 1. The quantitative estimate of drug-likeness (QED) is 0.628. The Balaban J connectivity index is 1.77. The van der Waals surface area contributed by atoms with Gasteiger partial charge in [-0.2, -0.15) is 0 Å². The fourth-order valence-corrected chi connectivity index (χ4v) is 4.32. The van der Waals surface area contributed by atoms with Gasteiger partial charge < -0.3 is 15.2 Å². The largest absolute Gasteiger partial charge is 0.478 e. The number of aromatic carboxylic acids is 1. The van der Waals surface area contributed by atoms with Crippen molar-refractivity contribution >= 4 is 17.6 Å². The normalized spacial score (nSPS) is 22.5. The molecule has 3 atom stereocenters. The van der Waals surface area contributed by atoms with Crippen LogP contribution in [0, 0.1) is 12.8 Å². The standard InChI is InChI=1S/C22H21NO4/c1-12-6-11-17(21(24)25)18-15-4-3-5-16(15)20(23-19(12)18)13-7-9-14(10-8-13)22(26)27-2/h3-4,6-11,15-16,20,23H,5H2,1-2H3,(H,24,25)/t15-,16+,20+/m1/s1. The van der Waals surface area contributed by atoms with E-state index in [2.05, 4.69) is 17.5 Å². The van der Waals surface area contributed by atoms with Crippen LogP contribution in [-0.2, 0) is 4.74 Å². The molecule has 0 unspecified atom stereocenters. The number of carbonyl (C=O) groups is 2. The van der Waals surface area contributed by atoms with Crippen LogP contribution in [0.3, 0.4) is 0 Å². The number of rotatable bonds is 3. The Morgan fingerprint density at radius 1 is 1.15 bits per heavy atom. The summed E-state index contributed by atoms with van der Waals surface area (Å²) in [5.74, 6) is -0.947. The first-order valence-corrected chi connectivity index (χ1v) is 8.99. The number of aryl methyl sites for hydroxylation is 1. The molecule has 0 spiro atoms. The van der Waals surface area contributed by atoms with Crippen LogP contribution in [0.25, 0.3) is 0 Å². The Hall–Kier alpha value is -3.08. The SMILES string of the molecule is COC(=O)c1ccc([C@@H]2Nc3c(C)ccc(C(=O)O)c3[C@@H]3C=CC[C@@H]32)cc1. The number of methoxy groups -OCH3 is 1. The van der Waals surface area contributed by atoms with Crippen LogP contribution in [-0.4, -0.2) is 24.2 Å². The van der Waals surface area contributed by atoms with E-state index >= 15 is 0 Å². The van der Waals surface area contributed by atoms with Gasteiger partial charge in [-0.1, -0.05) is 30.4 Å². The lowest BCUT2D eigenvalue weighted by Crippen LogP contribution is -2.31. The molecule has 2 aromatic carbocycles. The zero-order chi connectivity index (χ0) is 19.1. The number of carboxylic acids is 1. The minimum Gasteiger partial charge on any atom is -0.478 e. The summed E-state index contributed by atoms with van der Waals surface area (Å²) in [6, 6.07) is 11.0. The maximum absolute atomic E-state index is 11.8. The summed E-state index contributed by atoms with van der Waals surface area (Å²) in [5.41, 5.74) is 4.78. The molecule has 2 aliphatic rings. The highest BCUT2D eigenvalue weighted by Gasteiger charge is 2.40. The second-order valence-electron chi connectivity index (χ2n) is 7.11. The molecule has 2 N–H and O–H groups in total. The van der Waals surface area contributed by atoms with E-state index in [-0.39, 0.29) is 23.8 Å². The van der Waals surface area contributed by atoms with Gasteiger partial charge in [0.05, 0.1) is 24.3 Å². The Morgan fingerprint density at radius 2 is 1.89 bits per heavy atom. The van der Waals surface area contributed by atoms with Crippen molar-refractivity contribution in [1.82, 2.24) is 0 Å². The van der Waals surface area contributed by atoms with Gasteiger partial charge in [-0.25, -0.2) is 9.59 Å². The maximum atomic E-state index is 11.8. The van der Waals surface area contributed by atoms with Crippen molar-refractivity contribution in [1.29, 1.82) is 0 Å². The van der Waals surface area contributed by atoms with Crippen LogP contribution in [0.15, 0.2) is 48.6 Å². The van der Waals surface area contributed by atoms with Crippen molar-refractivity contribution in [3.63, 3.8) is 0 Å². The van der Waals surface area contributed by atoms with E-state index in [0.29, 0.717) is 11.1 Å². The Morgan fingerprint density at radius 3 is 2.56 bits per heavy atom. The molecule has 27 heavy (non-hydrogen) atoms. The van der Waals surface area contributed by atoms with Gasteiger partial charge in [0.2, 0.25) is 0 Å². The van der Waals surface area contributed by atoms with Gasteiger partial charge in [0.1, 0.15) is 0 Å². The summed E-state index contributed by atoms with van der Waals surface area (Å²) in [4.78, 5) is 23.4. The Kier molecular flexibility index (Phi) is 4.22. The maximum Gasteiger partial charge on any atom is 0.337 e. The van der Waals surface area contributed by atoms with Gasteiger partial charge in [0.15, 0.2) is 0 Å². The lowest BCUT2D eigenvalue weighted by atomic mass is 9.74. The van der Waals surface area contributed by atoms with Crippen LogP contribution >= 0.6 is 0 Å². The third kappa shape index (κ3) is 2.79. The molecule has 5 heteroatoms. The van der Waals surface area contributed by atoms with Crippen molar-refractivity contribution in [2.45, 2.75) is 25.3 Å². The minimum absolute atomic E-state index is 0.0481. The third-order valence-corrected chi connectivity index (χ3v) is 5.65. The average Bonchev–Trinajstić information content (AvgIpc) is 3.17. The number of carbonyl (C=O) groups excluding carboxylic acids is 1. The number of nitrogens with one attached hydrogen (secondary N) is 1. The van der Waals surface area contributed by atoms with Crippen molar-refractivity contribution in [2.24, 2.45) is 5.92 Å². The van der Waals surface area contributed by atoms with Gasteiger partial charge in [-0.05, 0) is 54.2 Å². The lowest BCUT2D eigenvalue weighted by molar-refractivity contribution is 0.0599. The molecule has 1 heterocycles. The van der Waals surface area contributed by atoms with E-state index < -0.39 is 5.97 Å². The summed E-state index contributed by atoms with van der Waals surface area (Å²) in [7, 11) is 1.37. The van der Waals surface area contributed by atoms with E-state index in [9.17, 15) is 14.7 Å². The highest BCUT2D eigenvalue weighted by Crippen LogP contribution is 2.51. The van der Waals surface area contributed by atoms with Crippen LogP contribution in [0.1, 0.15) is 55.8 Å². The van der Waals surface area contributed by atoms with E-state index in [1.807, 2.05) is 25.1 Å². The number of fused-ring (bicyclic) bond motifs is 3. The summed E-state index contributed by atoms with van der Waals surface area (Å²) in [5, 5.41) is 13.2. The summed E-state index contributed by atoms with van der Waals surface area (Å²) >= 11 is 0. The number of carboxylic acid groups (broad SMARTS) is 1. The highest BCUT2D eigenvalue weighted by molar-refractivity contribution is 5.93. The summed E-state index contributed by atoms with van der Waals surface area (Å²) < 4.78 is 4.77. The van der Waals surface area contributed by atoms with Crippen LogP contribution in [0.5, 0.6) is 0 Å². The predicted octanol–water partition coefficient (Wildman–Crippen LogP) is 4.31. The molecular formula is C22H21NO4. The van der Waals surface area contributed by atoms with Crippen molar-refractivity contribution in [3.05, 3.63) is 76.4 Å². The van der Waals surface area contributed by atoms with Gasteiger partial charge in [0.25, 0.3) is 0 Å². The molecule has 0 saturated heterocycles. The number of hydrogen-bond acceptors (Lipinski definition) is 4. The molecule has 0 fully saturated rings. The first-order chi connectivity index (χ1) is 13.0. The first-order valence-electron chi connectivity index (χ1n) is 8.99. The van der Waals surface area contributed by atoms with Crippen LogP contribution in [0.4, 0.5) is 5.69 Å². The summed E-state index contributed by atoms with van der Waals surface area (Å²) in [6.07, 6.45) is 5.15. The van der Waals surface area contributed by atoms with E-state index in [1.165, 1.54) is 7.11 Å². The molecule has 0 radical (unpaired) electrons. The smallest absolute Gasteiger partial charge is 0.337 e. The molecule has 0 aromatic heterocycles. The Labute approximate surface area is 157 Å². The van der Waals surface area contributed by atoms with Gasteiger partial charge in [-0.15, -0.1) is 0 Å². The van der Waals surface area contributed by atoms with Crippen LogP contribution in [0.2, 0.25) is 0 Å². The molecule has 1 aliphatic heterocycles. The van der Waals surface area contributed by atoms with Gasteiger partial charge in [0, 0.05) is 11.6 Å². The average molecular weight is 363 g/mol. The zero-order valence-electron chi connectivity index (χ0n) is 15.2. The molecular weight excluding hydrogens is 342 g/mol. The second-order valence-corrected chi connectivity index (χ2v) is 7.11. The lowest BCUT2D eigenvalue weighted by Gasteiger charge is -2.39. The van der Waals surface area contributed by atoms with Gasteiger partial charge >= 0.3 is 11.9 Å². The highest BCUT2D eigenvalue weighted by atomic mass is 16.5. The number of benzene rings is 2. The monoisotopic (exact) mass is 363 g/mol. The summed E-state index contributed by atoms with van der Waals surface area (Å²) in [6.45, 7) is 1.99. The van der Waals surface area contributed by atoms with E-state index in [0.717, 1.165) is 28.8 Å². The Bertz CT molecular complexity index is 946. The predicted molar refractivity (Wildman–Crippen MR) is 102 cm³/mol. The number of hydrogen-bond donors (Lipinski definition) is 2. The zero-order valence-corrected chi connectivity index (χ0v) is 15.2. The molecule has 138 valence electrons. The molecule has 0 bridgehead atoms. The molecule has 1 aliphatic carbocycles. The molecule has 5 nitrogen and oxygen atoms in total. The number of anilines is 1.